The first kappa shape index (κ1) is 39.8. The lowest BCUT2D eigenvalue weighted by molar-refractivity contribution is 0.0593. The Bertz CT molecular complexity index is 1980. The molecule has 0 radical (unpaired) electrons. The Morgan fingerprint density at radius 1 is 0.448 bits per heavy atom. The van der Waals surface area contributed by atoms with E-state index >= 15 is 0 Å². The molecule has 2 saturated heterocycles. The van der Waals surface area contributed by atoms with Crippen LogP contribution in [-0.4, -0.2) is 171 Å². The van der Waals surface area contributed by atoms with E-state index in [4.69, 9.17) is 0 Å². The van der Waals surface area contributed by atoms with Gasteiger partial charge in [0.15, 0.2) is 0 Å². The van der Waals surface area contributed by atoms with Crippen molar-refractivity contribution in [1.82, 2.24) is 30.2 Å². The molecule has 4 heterocycles. The number of aliphatic hydroxyl groups excluding tert-OH is 2. The van der Waals surface area contributed by atoms with Crippen molar-refractivity contribution in [3.8, 4) is 0 Å². The van der Waals surface area contributed by atoms with Crippen LogP contribution in [0.5, 0.6) is 0 Å². The number of piperazine rings is 2. The molecule has 14 nitrogen and oxygen atoms in total. The molecule has 58 heavy (non-hydrogen) atoms. The normalized spacial score (nSPS) is 17.8. The maximum atomic E-state index is 13.6. The van der Waals surface area contributed by atoms with Crippen LogP contribution in [0, 0.1) is 0 Å². The van der Waals surface area contributed by atoms with Gasteiger partial charge in [0.05, 0.1) is 13.2 Å². The van der Waals surface area contributed by atoms with Gasteiger partial charge < -0.3 is 30.6 Å². The number of hydrogen-bond donors (Lipinski definition) is 4. The van der Waals surface area contributed by atoms with Gasteiger partial charge in [0.25, 0.3) is 23.6 Å². The molecule has 0 aromatic heterocycles. The van der Waals surface area contributed by atoms with Crippen LogP contribution >= 0.6 is 0 Å². The Morgan fingerprint density at radius 2 is 0.828 bits per heavy atom. The van der Waals surface area contributed by atoms with Crippen molar-refractivity contribution < 1.29 is 29.4 Å². The third kappa shape index (κ3) is 7.80. The molecule has 0 aliphatic carbocycles. The topological polar surface area (TPSA) is 152 Å². The molecule has 2 fully saturated rings. The molecule has 0 atom stereocenters. The number of carbonyl (C=O) groups excluding carboxylic acids is 4. The minimum Gasteiger partial charge on any atom is -0.395 e. The molecular weight excluding hydrogens is 737 g/mol. The van der Waals surface area contributed by atoms with E-state index in [1.807, 2.05) is 60.7 Å². The number of nitrogens with zero attached hydrogens (tertiary/aromatic N) is 6. The summed E-state index contributed by atoms with van der Waals surface area (Å²) in [6.45, 7) is 11.6. The van der Waals surface area contributed by atoms with E-state index in [-0.39, 0.29) is 36.8 Å². The zero-order valence-corrected chi connectivity index (χ0v) is 33.1. The quantitative estimate of drug-likeness (QED) is 0.0916. The number of benzene rings is 4. The van der Waals surface area contributed by atoms with Crippen molar-refractivity contribution in [2.45, 2.75) is 12.8 Å². The summed E-state index contributed by atoms with van der Waals surface area (Å²) in [4.78, 5) is 66.3. The number of anilines is 2. The molecule has 4 aliphatic heterocycles. The lowest BCUT2D eigenvalue weighted by Gasteiger charge is -2.37. The van der Waals surface area contributed by atoms with E-state index < -0.39 is 0 Å². The Balaban J connectivity index is 0.771. The van der Waals surface area contributed by atoms with Gasteiger partial charge in [0.2, 0.25) is 0 Å². The van der Waals surface area contributed by atoms with Crippen LogP contribution < -0.4 is 20.4 Å². The maximum absolute atomic E-state index is 13.6. The van der Waals surface area contributed by atoms with Gasteiger partial charge in [-0.2, -0.15) is 0 Å². The van der Waals surface area contributed by atoms with Gasteiger partial charge in [-0.1, -0.05) is 24.3 Å². The number of aliphatic hydroxyl groups is 2. The van der Waals surface area contributed by atoms with Crippen LogP contribution in [-0.2, 0) is 0 Å². The van der Waals surface area contributed by atoms with Crippen molar-refractivity contribution in [2.75, 3.05) is 128 Å². The van der Waals surface area contributed by atoms with Crippen LogP contribution in [0.15, 0.2) is 60.7 Å². The van der Waals surface area contributed by atoms with Crippen molar-refractivity contribution in [2.24, 2.45) is 0 Å². The van der Waals surface area contributed by atoms with E-state index in [0.717, 1.165) is 85.3 Å². The molecule has 4 aromatic rings. The van der Waals surface area contributed by atoms with Crippen molar-refractivity contribution in [3.05, 3.63) is 82.9 Å². The van der Waals surface area contributed by atoms with E-state index in [0.29, 0.717) is 87.5 Å². The molecule has 0 saturated carbocycles. The highest BCUT2D eigenvalue weighted by atomic mass is 16.3. The summed E-state index contributed by atoms with van der Waals surface area (Å²) < 4.78 is 0. The Morgan fingerprint density at radius 3 is 1.21 bits per heavy atom. The van der Waals surface area contributed by atoms with Crippen molar-refractivity contribution >= 4 is 56.5 Å². The summed E-state index contributed by atoms with van der Waals surface area (Å²) in [6.07, 6.45) is 1.24. The van der Waals surface area contributed by atoms with Gasteiger partial charge in [-0.05, 0) is 62.3 Å². The van der Waals surface area contributed by atoms with Gasteiger partial charge in [-0.25, -0.2) is 0 Å². The SMILES string of the molecule is O=C1c2cccc3c(N4CCN(CCO)CC4)ccc(c23)C(=O)N1CCCNCCNCCCN1C(=O)c2cccc3c(N4CCN(CCO)CC4)ccc(c23)C1=O. The lowest BCUT2D eigenvalue weighted by atomic mass is 9.92. The summed E-state index contributed by atoms with van der Waals surface area (Å²) in [7, 11) is 0. The average molecular weight is 791 g/mol. The molecular formula is C44H54N8O6. The Kier molecular flexibility index (Phi) is 12.3. The summed E-state index contributed by atoms with van der Waals surface area (Å²) >= 11 is 0. The first-order valence-electron chi connectivity index (χ1n) is 20.8. The number of carbonyl (C=O) groups is 4. The van der Waals surface area contributed by atoms with Crippen molar-refractivity contribution in [3.63, 3.8) is 0 Å². The second-order valence-electron chi connectivity index (χ2n) is 15.6. The molecule has 4 amide bonds. The lowest BCUT2D eigenvalue weighted by Crippen LogP contribution is -2.47. The fourth-order valence-electron chi connectivity index (χ4n) is 9.08. The Hall–Kier alpha value is -4.96. The number of rotatable bonds is 17. The summed E-state index contributed by atoms with van der Waals surface area (Å²) in [5.41, 5.74) is 4.32. The zero-order chi connectivity index (χ0) is 40.2. The highest BCUT2D eigenvalue weighted by Gasteiger charge is 2.35. The van der Waals surface area contributed by atoms with Crippen LogP contribution in [0.25, 0.3) is 21.5 Å². The second-order valence-corrected chi connectivity index (χ2v) is 15.6. The van der Waals surface area contributed by atoms with Crippen LogP contribution in [0.1, 0.15) is 54.3 Å². The van der Waals surface area contributed by atoms with Gasteiger partial charge in [0, 0.05) is 147 Å². The van der Waals surface area contributed by atoms with E-state index in [9.17, 15) is 29.4 Å². The molecule has 0 bridgehead atoms. The third-order valence-corrected chi connectivity index (χ3v) is 12.1. The number of β-amino-alcohol motifs (C(OH)–C–C–N with tert-alkyl or cyclic N) is 2. The highest BCUT2D eigenvalue weighted by molar-refractivity contribution is 6.28. The largest absolute Gasteiger partial charge is 0.395 e. The summed E-state index contributed by atoms with van der Waals surface area (Å²) in [5, 5.41) is 28.7. The minimum atomic E-state index is -0.255. The predicted octanol–water partition coefficient (Wildman–Crippen LogP) is 2.07. The number of hydrogen-bond acceptors (Lipinski definition) is 12. The summed E-state index contributed by atoms with van der Waals surface area (Å²) in [5.74, 6) is -1.02. The number of nitrogens with one attached hydrogen (secondary N) is 2. The fraction of sp³-hybridized carbons (Fsp3) is 0.455. The van der Waals surface area contributed by atoms with E-state index in [1.165, 1.54) is 9.80 Å². The van der Waals surface area contributed by atoms with Gasteiger partial charge >= 0.3 is 0 Å². The van der Waals surface area contributed by atoms with Gasteiger partial charge in [0.1, 0.15) is 0 Å². The average Bonchev–Trinajstić information content (AvgIpc) is 3.25. The zero-order valence-electron chi connectivity index (χ0n) is 33.1. The minimum absolute atomic E-state index is 0.147. The standard InChI is InChI=1S/C44H54N8O6/c53-29-27-47-19-23-49(24-20-47)37-11-9-35-39-31(37)5-1-7-33(39)41(55)51(43(35)57)17-3-13-45-15-16-46-14-4-18-52-42(56)34-8-2-6-32-38(12-10-36(40(32)34)44(52)58)50-25-21-48(22-26-50)28-30-54/h1-2,5-12,45-46,53-54H,3-4,13-30H2. The maximum Gasteiger partial charge on any atom is 0.261 e. The van der Waals surface area contributed by atoms with Crippen molar-refractivity contribution in [1.29, 1.82) is 0 Å². The number of imide groups is 2. The van der Waals surface area contributed by atoms with Crippen LogP contribution in [0.2, 0.25) is 0 Å². The third-order valence-electron chi connectivity index (χ3n) is 12.1. The van der Waals surface area contributed by atoms with E-state index in [2.05, 4.69) is 30.2 Å². The summed E-state index contributed by atoms with van der Waals surface area (Å²) in [6, 6.07) is 19.2. The molecule has 0 spiro atoms. The smallest absolute Gasteiger partial charge is 0.261 e. The molecule has 4 N–H and O–H groups in total. The predicted molar refractivity (Wildman–Crippen MR) is 225 cm³/mol. The second kappa shape index (κ2) is 17.9. The van der Waals surface area contributed by atoms with E-state index in [1.54, 1.807) is 0 Å². The van der Waals surface area contributed by atoms with Crippen LogP contribution in [0.4, 0.5) is 11.4 Å². The number of amides is 4. The highest BCUT2D eigenvalue weighted by Crippen LogP contribution is 2.38. The first-order valence-corrected chi connectivity index (χ1v) is 20.8. The van der Waals surface area contributed by atoms with Crippen LogP contribution in [0.3, 0.4) is 0 Å². The monoisotopic (exact) mass is 790 g/mol. The molecule has 4 aliphatic rings. The molecule has 14 heteroatoms. The van der Waals surface area contributed by atoms with Gasteiger partial charge in [-0.15, -0.1) is 0 Å². The molecule has 4 aromatic carbocycles. The molecule has 306 valence electrons. The first-order chi connectivity index (χ1) is 28.4. The molecule has 0 unspecified atom stereocenters. The molecule has 8 rings (SSSR count). The fourth-order valence-corrected chi connectivity index (χ4v) is 9.08. The Labute approximate surface area is 338 Å². The van der Waals surface area contributed by atoms with Gasteiger partial charge in [-0.3, -0.25) is 38.8 Å².